The third-order valence-corrected chi connectivity index (χ3v) is 5.12. The van der Waals surface area contributed by atoms with Crippen LogP contribution in [-0.2, 0) is 4.79 Å². The Morgan fingerprint density at radius 1 is 1.07 bits per heavy atom. The number of hydrogen-bond donors (Lipinski definition) is 2. The summed E-state index contributed by atoms with van der Waals surface area (Å²) in [5, 5.41) is 12.4. The fourth-order valence-corrected chi connectivity index (χ4v) is 3.34. The third-order valence-electron chi connectivity index (χ3n) is 5.12. The van der Waals surface area contributed by atoms with Crippen molar-refractivity contribution in [3.8, 4) is 0 Å². The van der Waals surface area contributed by atoms with Crippen molar-refractivity contribution in [2.24, 2.45) is 0 Å². The lowest BCUT2D eigenvalue weighted by Gasteiger charge is -2.31. The van der Waals surface area contributed by atoms with Gasteiger partial charge in [-0.3, -0.25) is 9.59 Å². The van der Waals surface area contributed by atoms with Gasteiger partial charge in [0.2, 0.25) is 0 Å². The predicted octanol–water partition coefficient (Wildman–Crippen LogP) is 3.33. The van der Waals surface area contributed by atoms with Crippen LogP contribution in [0.25, 0.3) is 0 Å². The second-order valence-corrected chi connectivity index (χ2v) is 6.99. The van der Waals surface area contributed by atoms with Crippen LogP contribution in [-0.4, -0.2) is 39.9 Å². The summed E-state index contributed by atoms with van der Waals surface area (Å²) < 4.78 is 0. The number of rotatable bonds is 4. The number of amides is 2. The van der Waals surface area contributed by atoms with E-state index < -0.39 is 11.5 Å². The van der Waals surface area contributed by atoms with Crippen molar-refractivity contribution in [1.29, 1.82) is 0 Å². The van der Waals surface area contributed by atoms with E-state index in [1.807, 2.05) is 13.0 Å². The molecule has 1 unspecified atom stereocenters. The maximum absolute atomic E-state index is 12.9. The molecule has 1 heterocycles. The van der Waals surface area contributed by atoms with Gasteiger partial charge in [-0.2, -0.15) is 0 Å². The number of benzene rings is 2. The van der Waals surface area contributed by atoms with Gasteiger partial charge in [-0.15, -0.1) is 0 Å². The molecular formula is C21H22N2O4. The van der Waals surface area contributed by atoms with Crippen LogP contribution in [0, 0.1) is 6.92 Å². The summed E-state index contributed by atoms with van der Waals surface area (Å²) in [5.74, 6) is -1.61. The zero-order chi connectivity index (χ0) is 19.6. The highest BCUT2D eigenvalue weighted by atomic mass is 16.4. The largest absolute Gasteiger partial charge is 0.480 e. The molecule has 0 radical (unpaired) electrons. The Morgan fingerprint density at radius 3 is 2.44 bits per heavy atom. The Kier molecular flexibility index (Phi) is 4.99. The average molecular weight is 366 g/mol. The van der Waals surface area contributed by atoms with Crippen molar-refractivity contribution in [2.75, 3.05) is 11.9 Å². The first-order chi connectivity index (χ1) is 12.8. The molecule has 2 N–H and O–H groups in total. The van der Waals surface area contributed by atoms with E-state index in [1.165, 1.54) is 4.90 Å². The van der Waals surface area contributed by atoms with Crippen LogP contribution in [0.2, 0.25) is 0 Å². The second kappa shape index (κ2) is 7.23. The highest BCUT2D eigenvalue weighted by molar-refractivity contribution is 6.06. The smallest absolute Gasteiger partial charge is 0.329 e. The van der Waals surface area contributed by atoms with E-state index in [9.17, 15) is 19.5 Å². The Labute approximate surface area is 157 Å². The topological polar surface area (TPSA) is 86.7 Å². The molecule has 0 bridgehead atoms. The first-order valence-electron chi connectivity index (χ1n) is 8.85. The number of nitrogens with zero attached hydrogens (tertiary/aromatic N) is 1. The van der Waals surface area contributed by atoms with E-state index in [2.05, 4.69) is 5.32 Å². The minimum atomic E-state index is -1.20. The molecule has 27 heavy (non-hydrogen) atoms. The van der Waals surface area contributed by atoms with Gasteiger partial charge in [-0.05, 0) is 56.5 Å². The SMILES string of the molecule is Cc1ccc(C(=O)N2CCCC2(C)C(=O)O)cc1NC(=O)c1ccccc1. The van der Waals surface area contributed by atoms with Crippen LogP contribution >= 0.6 is 0 Å². The van der Waals surface area contributed by atoms with Crippen molar-refractivity contribution in [1.82, 2.24) is 4.90 Å². The minimum Gasteiger partial charge on any atom is -0.480 e. The molecule has 1 atom stereocenters. The van der Waals surface area contributed by atoms with E-state index >= 15 is 0 Å². The lowest BCUT2D eigenvalue weighted by Crippen LogP contribution is -2.50. The normalized spacial score (nSPS) is 19.0. The summed E-state index contributed by atoms with van der Waals surface area (Å²) in [5.41, 5.74) is 1.03. The summed E-state index contributed by atoms with van der Waals surface area (Å²) in [6, 6.07) is 13.8. The molecule has 2 aromatic rings. The minimum absolute atomic E-state index is 0.264. The highest BCUT2D eigenvalue weighted by Gasteiger charge is 2.46. The molecule has 3 rings (SSSR count). The molecule has 0 aromatic heterocycles. The van der Waals surface area contributed by atoms with Crippen LogP contribution in [0.3, 0.4) is 0 Å². The fourth-order valence-electron chi connectivity index (χ4n) is 3.34. The van der Waals surface area contributed by atoms with E-state index in [0.717, 1.165) is 5.56 Å². The predicted molar refractivity (Wildman–Crippen MR) is 102 cm³/mol. The van der Waals surface area contributed by atoms with Gasteiger partial charge < -0.3 is 15.3 Å². The molecule has 0 saturated carbocycles. The van der Waals surface area contributed by atoms with Crippen LogP contribution < -0.4 is 5.32 Å². The van der Waals surface area contributed by atoms with Crippen LogP contribution in [0.15, 0.2) is 48.5 Å². The van der Waals surface area contributed by atoms with Crippen molar-refractivity contribution in [3.05, 3.63) is 65.2 Å². The quantitative estimate of drug-likeness (QED) is 0.869. The summed E-state index contributed by atoms with van der Waals surface area (Å²) in [6.45, 7) is 3.82. The number of aryl methyl sites for hydroxylation is 1. The van der Waals surface area contributed by atoms with Gasteiger partial charge in [0.25, 0.3) is 11.8 Å². The third kappa shape index (κ3) is 3.56. The number of aliphatic carboxylic acids is 1. The van der Waals surface area contributed by atoms with Gasteiger partial charge in [-0.25, -0.2) is 4.79 Å². The lowest BCUT2D eigenvalue weighted by atomic mass is 9.98. The number of anilines is 1. The Morgan fingerprint density at radius 2 is 1.78 bits per heavy atom. The van der Waals surface area contributed by atoms with Crippen LogP contribution in [0.4, 0.5) is 5.69 Å². The van der Waals surface area contributed by atoms with Crippen LogP contribution in [0.5, 0.6) is 0 Å². The summed E-state index contributed by atoms with van der Waals surface area (Å²) in [7, 11) is 0. The first kappa shape index (κ1) is 18.6. The standard InChI is InChI=1S/C21H22N2O4/c1-14-9-10-16(19(25)23-12-6-11-21(23,2)20(26)27)13-17(14)22-18(24)15-7-4-3-5-8-15/h3-5,7-10,13H,6,11-12H2,1-2H3,(H,22,24)(H,26,27). The van der Waals surface area contributed by atoms with Gasteiger partial charge in [0.1, 0.15) is 5.54 Å². The van der Waals surface area contributed by atoms with E-state index in [0.29, 0.717) is 36.2 Å². The molecular weight excluding hydrogens is 344 g/mol. The van der Waals surface area contributed by atoms with Gasteiger partial charge in [-0.1, -0.05) is 24.3 Å². The fraction of sp³-hybridized carbons (Fsp3) is 0.286. The monoisotopic (exact) mass is 366 g/mol. The van der Waals surface area contributed by atoms with Crippen molar-refractivity contribution in [2.45, 2.75) is 32.2 Å². The second-order valence-electron chi connectivity index (χ2n) is 6.99. The van der Waals surface area contributed by atoms with E-state index in [-0.39, 0.29) is 11.8 Å². The van der Waals surface area contributed by atoms with Gasteiger partial charge in [0.15, 0.2) is 0 Å². The van der Waals surface area contributed by atoms with E-state index in [4.69, 9.17) is 0 Å². The number of carbonyl (C=O) groups excluding carboxylic acids is 2. The Bertz CT molecular complexity index is 894. The molecule has 0 aliphatic carbocycles. The number of hydrogen-bond acceptors (Lipinski definition) is 3. The maximum atomic E-state index is 12.9. The molecule has 1 saturated heterocycles. The number of carboxylic acid groups (broad SMARTS) is 1. The summed E-state index contributed by atoms with van der Waals surface area (Å²) in [6.07, 6.45) is 1.08. The molecule has 6 heteroatoms. The zero-order valence-corrected chi connectivity index (χ0v) is 15.4. The molecule has 2 aromatic carbocycles. The summed E-state index contributed by atoms with van der Waals surface area (Å²) >= 11 is 0. The van der Waals surface area contributed by atoms with Crippen LogP contribution in [0.1, 0.15) is 46.0 Å². The van der Waals surface area contributed by atoms with Gasteiger partial charge in [0, 0.05) is 23.4 Å². The van der Waals surface area contributed by atoms with Crippen molar-refractivity contribution < 1.29 is 19.5 Å². The molecule has 1 aliphatic rings. The number of likely N-dealkylation sites (tertiary alicyclic amines) is 1. The molecule has 140 valence electrons. The molecule has 0 spiro atoms. The van der Waals surface area contributed by atoms with Gasteiger partial charge in [0.05, 0.1) is 0 Å². The lowest BCUT2D eigenvalue weighted by molar-refractivity contribution is -0.147. The molecule has 2 amide bonds. The first-order valence-corrected chi connectivity index (χ1v) is 8.85. The number of nitrogens with one attached hydrogen (secondary N) is 1. The zero-order valence-electron chi connectivity index (χ0n) is 15.4. The Hall–Kier alpha value is -3.15. The number of carboxylic acids is 1. The van der Waals surface area contributed by atoms with Crippen molar-refractivity contribution >= 4 is 23.5 Å². The highest BCUT2D eigenvalue weighted by Crippen LogP contribution is 2.31. The van der Waals surface area contributed by atoms with Gasteiger partial charge >= 0.3 is 5.97 Å². The van der Waals surface area contributed by atoms with Crippen molar-refractivity contribution in [3.63, 3.8) is 0 Å². The summed E-state index contributed by atoms with van der Waals surface area (Å²) in [4.78, 5) is 38.4. The number of carbonyl (C=O) groups is 3. The molecule has 1 aliphatic heterocycles. The maximum Gasteiger partial charge on any atom is 0.329 e. The molecule has 1 fully saturated rings. The average Bonchev–Trinajstić information content (AvgIpc) is 3.06. The molecule has 6 nitrogen and oxygen atoms in total. The Balaban J connectivity index is 1.86. The van der Waals surface area contributed by atoms with E-state index in [1.54, 1.807) is 49.4 Å².